The minimum atomic E-state index is -1.14. The first-order chi connectivity index (χ1) is 28.3. The maximum Gasteiger partial charge on any atom is 0.306 e. The number of carbonyl (C=O) groups excluding carboxylic acids is 1. The first-order valence-electron chi connectivity index (χ1n) is 24.5. The Kier molecular flexibility index (Phi) is 24.5. The highest BCUT2D eigenvalue weighted by Gasteiger charge is 2.50. The molecular weight excluding hydrogens is 737 g/mol. The molecule has 10 atom stereocenters. The van der Waals surface area contributed by atoms with E-state index in [-0.39, 0.29) is 18.7 Å². The number of hydrogen-bond acceptors (Lipinski definition) is 7. The molecule has 59 heavy (non-hydrogen) atoms. The van der Waals surface area contributed by atoms with Gasteiger partial charge in [0, 0.05) is 6.42 Å². The molecule has 0 spiro atoms. The van der Waals surface area contributed by atoms with E-state index in [1.165, 1.54) is 120 Å². The van der Waals surface area contributed by atoms with Crippen LogP contribution in [0.5, 0.6) is 0 Å². The average molecular weight is 827 g/mol. The van der Waals surface area contributed by atoms with Gasteiger partial charge in [0.15, 0.2) is 6.10 Å². The third kappa shape index (κ3) is 17.5. The summed E-state index contributed by atoms with van der Waals surface area (Å²) < 4.78 is 10.5. The van der Waals surface area contributed by atoms with Crippen molar-refractivity contribution < 1.29 is 34.7 Å². The molecular formula is C52H90O7. The van der Waals surface area contributed by atoms with Gasteiger partial charge in [-0.05, 0) is 98.4 Å². The fourth-order valence-corrected chi connectivity index (χ4v) is 10.3. The molecule has 1 heterocycles. The fourth-order valence-electron chi connectivity index (χ4n) is 10.3. The summed E-state index contributed by atoms with van der Waals surface area (Å²) in [6.07, 6.45) is 34.2. The van der Waals surface area contributed by atoms with Crippen LogP contribution in [-0.2, 0) is 14.3 Å². The Hall–Kier alpha value is -1.77. The Bertz CT molecular complexity index is 1290. The van der Waals surface area contributed by atoms with Crippen LogP contribution >= 0.6 is 0 Å². The molecule has 4 fully saturated rings. The number of esters is 1. The summed E-state index contributed by atoms with van der Waals surface area (Å²) in [5.41, 5.74) is 4.61. The summed E-state index contributed by atoms with van der Waals surface area (Å²) in [6.45, 7) is 18.1. The van der Waals surface area contributed by atoms with Crippen LogP contribution < -0.4 is 0 Å². The molecule has 0 aromatic rings. The van der Waals surface area contributed by atoms with Crippen LogP contribution in [-0.4, -0.2) is 70.1 Å². The minimum absolute atomic E-state index is 0.0149. The van der Waals surface area contributed by atoms with Crippen LogP contribution in [0.4, 0.5) is 0 Å². The van der Waals surface area contributed by atoms with E-state index < -0.39 is 31.0 Å². The summed E-state index contributed by atoms with van der Waals surface area (Å²) >= 11 is 0. The van der Waals surface area contributed by atoms with Gasteiger partial charge in [-0.1, -0.05) is 173 Å². The van der Waals surface area contributed by atoms with Crippen molar-refractivity contribution in [1.29, 1.82) is 0 Å². The topological polar surface area (TPSA) is 116 Å². The van der Waals surface area contributed by atoms with Crippen molar-refractivity contribution >= 4 is 5.97 Å². The lowest BCUT2D eigenvalue weighted by Crippen LogP contribution is -2.43. The molecule has 0 aromatic carbocycles. The molecule has 340 valence electrons. The van der Waals surface area contributed by atoms with E-state index in [0.717, 1.165) is 56.3 Å². The van der Waals surface area contributed by atoms with Gasteiger partial charge in [-0.15, -0.1) is 0 Å². The smallest absolute Gasteiger partial charge is 0.306 e. The van der Waals surface area contributed by atoms with E-state index in [0.29, 0.717) is 23.7 Å². The number of carbonyl (C=O) groups is 1. The molecule has 1 saturated heterocycles. The molecule has 3 aliphatic carbocycles. The van der Waals surface area contributed by atoms with E-state index in [1.807, 2.05) is 0 Å². The van der Waals surface area contributed by atoms with Gasteiger partial charge < -0.3 is 29.9 Å². The summed E-state index contributed by atoms with van der Waals surface area (Å²) in [5.74, 6) is 3.19. The highest BCUT2D eigenvalue weighted by molar-refractivity contribution is 5.69. The van der Waals surface area contributed by atoms with Gasteiger partial charge in [-0.2, -0.15) is 0 Å². The molecule has 0 bridgehead atoms. The SMILES string of the molecule is C=C1CC[C@H](O)CC1=CC=C1CCC[C@@]2(C)C1CC[C@@H]2[C@H](C)C=C[C@H](C)C(C)C.CCCCCCCCCCCCCCCCCC(=O)O[C@H](CO)[C@H]1OC[C@H](O)[C@H]1O. The van der Waals surface area contributed by atoms with Crippen LogP contribution in [0.3, 0.4) is 0 Å². The number of unbranched alkanes of at least 4 members (excludes halogenated alkanes) is 14. The number of aliphatic hydroxyl groups is 4. The molecule has 7 nitrogen and oxygen atoms in total. The van der Waals surface area contributed by atoms with Gasteiger partial charge in [-0.25, -0.2) is 0 Å². The Labute approximate surface area is 361 Å². The number of rotatable bonds is 24. The second-order valence-electron chi connectivity index (χ2n) is 19.6. The highest BCUT2D eigenvalue weighted by Crippen LogP contribution is 2.59. The first-order valence-corrected chi connectivity index (χ1v) is 24.5. The van der Waals surface area contributed by atoms with Gasteiger partial charge in [0.2, 0.25) is 0 Å². The second-order valence-corrected chi connectivity index (χ2v) is 19.6. The van der Waals surface area contributed by atoms with Crippen molar-refractivity contribution in [2.75, 3.05) is 13.2 Å². The van der Waals surface area contributed by atoms with E-state index >= 15 is 0 Å². The van der Waals surface area contributed by atoms with Gasteiger partial charge in [0.1, 0.15) is 18.3 Å². The van der Waals surface area contributed by atoms with E-state index in [1.54, 1.807) is 5.57 Å². The van der Waals surface area contributed by atoms with Crippen molar-refractivity contribution in [2.24, 2.45) is 35.0 Å². The minimum Gasteiger partial charge on any atom is -0.457 e. The Morgan fingerprint density at radius 2 is 1.46 bits per heavy atom. The van der Waals surface area contributed by atoms with Gasteiger partial charge in [0.05, 0.1) is 19.3 Å². The molecule has 1 unspecified atom stereocenters. The molecule has 7 heteroatoms. The average Bonchev–Trinajstić information content (AvgIpc) is 3.75. The molecule has 0 amide bonds. The van der Waals surface area contributed by atoms with Crippen molar-refractivity contribution in [3.05, 3.63) is 47.6 Å². The monoisotopic (exact) mass is 827 g/mol. The maximum absolute atomic E-state index is 12.0. The largest absolute Gasteiger partial charge is 0.457 e. The summed E-state index contributed by atoms with van der Waals surface area (Å²) in [4.78, 5) is 12.0. The molecule has 0 aromatic heterocycles. The third-order valence-corrected chi connectivity index (χ3v) is 14.6. The second kappa shape index (κ2) is 28.0. The van der Waals surface area contributed by atoms with Crippen molar-refractivity contribution in [3.63, 3.8) is 0 Å². The molecule has 0 radical (unpaired) electrons. The molecule has 3 saturated carbocycles. The molecule has 4 rings (SSSR count). The fraction of sp³-hybridized carbons (Fsp3) is 0.827. The summed E-state index contributed by atoms with van der Waals surface area (Å²) in [7, 11) is 0. The van der Waals surface area contributed by atoms with Crippen molar-refractivity contribution in [3.8, 4) is 0 Å². The van der Waals surface area contributed by atoms with E-state index in [2.05, 4.69) is 72.4 Å². The highest BCUT2D eigenvalue weighted by atomic mass is 16.6. The zero-order valence-corrected chi connectivity index (χ0v) is 38.7. The van der Waals surface area contributed by atoms with Crippen molar-refractivity contribution in [1.82, 2.24) is 0 Å². The quantitative estimate of drug-likeness (QED) is 0.0435. The van der Waals surface area contributed by atoms with Crippen LogP contribution in [0.1, 0.15) is 196 Å². The predicted octanol–water partition coefficient (Wildman–Crippen LogP) is 11.9. The Morgan fingerprint density at radius 1 is 0.847 bits per heavy atom. The molecule has 4 N–H and O–H groups in total. The standard InChI is InChI=1S/C28H44O.C24H46O6/c1-19(2)20(3)9-10-22(5)26-15-16-27-23(8-7-17-28(26,27)6)12-13-24-18-25(29)14-11-21(24)4;1-2-3-4-5-6-7-8-9-10-11-12-13-14-15-16-17-22(27)30-21(18-25)24-23(28)20(26)19-29-24/h9-10,12-13,19-20,22,25-27,29H,4,7-8,11,14-18H2,1-3,5-6H3;20-21,23-26,28H,2-19H2,1H3/t20-,22+,25-,26+,27?,28+;20-,21+,23+,24+/m00/s1. The van der Waals surface area contributed by atoms with E-state index in [9.17, 15) is 25.2 Å². The lowest BCUT2D eigenvalue weighted by atomic mass is 9.61. The summed E-state index contributed by atoms with van der Waals surface area (Å²) in [6, 6.07) is 0. The van der Waals surface area contributed by atoms with Crippen LogP contribution in [0, 0.1) is 35.0 Å². The zero-order valence-electron chi connectivity index (χ0n) is 38.7. The lowest BCUT2D eigenvalue weighted by molar-refractivity contribution is -0.162. The number of hydrogen-bond donors (Lipinski definition) is 4. The Balaban J connectivity index is 0.000000315. The maximum atomic E-state index is 12.0. The number of ether oxygens (including phenoxy) is 2. The van der Waals surface area contributed by atoms with E-state index in [4.69, 9.17) is 9.47 Å². The number of allylic oxidation sites excluding steroid dienone is 6. The van der Waals surface area contributed by atoms with Crippen molar-refractivity contribution in [2.45, 2.75) is 226 Å². The predicted molar refractivity (Wildman–Crippen MR) is 244 cm³/mol. The lowest BCUT2D eigenvalue weighted by Gasteiger charge is -2.44. The third-order valence-electron chi connectivity index (χ3n) is 14.6. The van der Waals surface area contributed by atoms with Crippen LogP contribution in [0.25, 0.3) is 0 Å². The van der Waals surface area contributed by atoms with Gasteiger partial charge >= 0.3 is 5.97 Å². The van der Waals surface area contributed by atoms with Gasteiger partial charge in [-0.3, -0.25) is 4.79 Å². The normalized spacial score (nSPS) is 30.1. The van der Waals surface area contributed by atoms with Crippen LogP contribution in [0.15, 0.2) is 47.6 Å². The van der Waals surface area contributed by atoms with Crippen LogP contribution in [0.2, 0.25) is 0 Å². The molecule has 4 aliphatic rings. The summed E-state index contributed by atoms with van der Waals surface area (Å²) in [5, 5.41) is 38.7. The zero-order chi connectivity index (χ0) is 43.2. The number of aliphatic hydroxyl groups excluding tert-OH is 4. The first kappa shape index (κ1) is 51.6. The van der Waals surface area contributed by atoms with Gasteiger partial charge in [0.25, 0.3) is 0 Å². The Morgan fingerprint density at radius 3 is 2.02 bits per heavy atom. The molecule has 1 aliphatic heterocycles. The number of fused-ring (bicyclic) bond motifs is 1.